The third-order valence-corrected chi connectivity index (χ3v) is 3.43. The van der Waals surface area contributed by atoms with Gasteiger partial charge in [0.2, 0.25) is 0 Å². The Bertz CT molecular complexity index is 456. The van der Waals surface area contributed by atoms with Gasteiger partial charge in [-0.25, -0.2) is 0 Å². The highest BCUT2D eigenvalue weighted by atomic mass is 127. The minimum Gasteiger partial charge on any atom is -0.313 e. The van der Waals surface area contributed by atoms with Crippen molar-refractivity contribution in [2.75, 3.05) is 7.05 Å². The van der Waals surface area contributed by atoms with E-state index in [-0.39, 0.29) is 6.04 Å². The van der Waals surface area contributed by atoms with Gasteiger partial charge in [-0.2, -0.15) is 10.2 Å². The van der Waals surface area contributed by atoms with E-state index in [0.29, 0.717) is 0 Å². The number of halogens is 1. The lowest BCUT2D eigenvalue weighted by Crippen LogP contribution is -2.19. The molecule has 0 saturated carbocycles. The van der Waals surface area contributed by atoms with Crippen molar-refractivity contribution in [1.29, 1.82) is 0 Å². The molecule has 0 saturated heterocycles. The van der Waals surface area contributed by atoms with E-state index in [1.165, 1.54) is 14.7 Å². The third-order valence-electron chi connectivity index (χ3n) is 2.71. The number of hydrogen-bond donors (Lipinski definition) is 1. The molecule has 0 fully saturated rings. The van der Waals surface area contributed by atoms with Gasteiger partial charge in [-0.15, -0.1) is 0 Å². The van der Waals surface area contributed by atoms with E-state index >= 15 is 0 Å². The first kappa shape index (κ1) is 12.4. The van der Waals surface area contributed by atoms with Crippen molar-refractivity contribution in [3.05, 3.63) is 57.4 Å². The van der Waals surface area contributed by atoms with Crippen molar-refractivity contribution in [2.45, 2.75) is 12.5 Å². The second kappa shape index (κ2) is 6.07. The second-order valence-electron chi connectivity index (χ2n) is 3.85. The van der Waals surface area contributed by atoms with E-state index in [1.807, 2.05) is 19.3 Å². The lowest BCUT2D eigenvalue weighted by molar-refractivity contribution is 0.588. The van der Waals surface area contributed by atoms with Gasteiger partial charge >= 0.3 is 0 Å². The first-order valence-corrected chi connectivity index (χ1v) is 6.56. The summed E-state index contributed by atoms with van der Waals surface area (Å²) in [6.07, 6.45) is 4.50. The van der Waals surface area contributed by atoms with Crippen molar-refractivity contribution in [3.63, 3.8) is 0 Å². The highest BCUT2D eigenvalue weighted by Gasteiger charge is 2.09. The molecular weight excluding hydrogens is 325 g/mol. The summed E-state index contributed by atoms with van der Waals surface area (Å²) in [6, 6.07) is 10.9. The van der Waals surface area contributed by atoms with E-state index in [2.05, 4.69) is 62.4 Å². The van der Waals surface area contributed by atoms with Crippen LogP contribution in [0.1, 0.15) is 17.2 Å². The second-order valence-corrected chi connectivity index (χ2v) is 5.09. The summed E-state index contributed by atoms with van der Waals surface area (Å²) >= 11 is 2.32. The fourth-order valence-electron chi connectivity index (χ4n) is 1.75. The van der Waals surface area contributed by atoms with Crippen molar-refractivity contribution >= 4 is 22.6 Å². The van der Waals surface area contributed by atoms with E-state index in [9.17, 15) is 0 Å². The van der Waals surface area contributed by atoms with Crippen LogP contribution in [0.3, 0.4) is 0 Å². The molecule has 1 atom stereocenters. The number of nitrogens with one attached hydrogen (secondary N) is 1. The van der Waals surface area contributed by atoms with Gasteiger partial charge in [0.25, 0.3) is 0 Å². The van der Waals surface area contributed by atoms with Crippen molar-refractivity contribution in [2.24, 2.45) is 0 Å². The Balaban J connectivity index is 2.13. The molecule has 2 rings (SSSR count). The van der Waals surface area contributed by atoms with Crippen LogP contribution in [0.15, 0.2) is 42.7 Å². The van der Waals surface area contributed by atoms with Crippen LogP contribution in [-0.2, 0) is 6.42 Å². The molecule has 88 valence electrons. The zero-order valence-electron chi connectivity index (χ0n) is 9.60. The van der Waals surface area contributed by atoms with E-state index in [0.717, 1.165) is 6.42 Å². The molecule has 2 aromatic rings. The quantitative estimate of drug-likeness (QED) is 0.870. The van der Waals surface area contributed by atoms with E-state index < -0.39 is 0 Å². The lowest BCUT2D eigenvalue weighted by Gasteiger charge is -2.16. The maximum absolute atomic E-state index is 3.92. The minimum atomic E-state index is 0.283. The summed E-state index contributed by atoms with van der Waals surface area (Å²) in [4.78, 5) is 0. The number of benzene rings is 1. The summed E-state index contributed by atoms with van der Waals surface area (Å²) in [5.74, 6) is 0. The molecule has 0 spiro atoms. The van der Waals surface area contributed by atoms with E-state index in [4.69, 9.17) is 0 Å². The zero-order chi connectivity index (χ0) is 12.1. The molecule has 0 radical (unpaired) electrons. The molecule has 4 heteroatoms. The maximum Gasteiger partial charge on any atom is 0.0544 e. The fraction of sp³-hybridized carbons (Fsp3) is 0.231. The molecule has 17 heavy (non-hydrogen) atoms. The van der Waals surface area contributed by atoms with Crippen LogP contribution in [0, 0.1) is 3.57 Å². The van der Waals surface area contributed by atoms with Crippen LogP contribution in [-0.4, -0.2) is 17.2 Å². The molecule has 1 heterocycles. The Hall–Kier alpha value is -1.01. The molecule has 0 aliphatic carbocycles. The Kier molecular flexibility index (Phi) is 4.44. The average Bonchev–Trinajstić information content (AvgIpc) is 2.39. The third kappa shape index (κ3) is 3.47. The monoisotopic (exact) mass is 339 g/mol. The number of likely N-dealkylation sites (N-methyl/N-ethyl adjacent to an activating group) is 1. The number of aromatic nitrogens is 2. The van der Waals surface area contributed by atoms with Gasteiger partial charge in [0.1, 0.15) is 0 Å². The van der Waals surface area contributed by atoms with Gasteiger partial charge in [-0.1, -0.05) is 12.1 Å². The summed E-state index contributed by atoms with van der Waals surface area (Å²) in [6.45, 7) is 0. The van der Waals surface area contributed by atoms with Crippen LogP contribution in [0.5, 0.6) is 0 Å². The predicted octanol–water partition coefficient (Wildman–Crippen LogP) is 2.58. The molecular formula is C13H14IN3. The highest BCUT2D eigenvalue weighted by molar-refractivity contribution is 14.1. The van der Waals surface area contributed by atoms with Gasteiger partial charge in [-0.3, -0.25) is 0 Å². The highest BCUT2D eigenvalue weighted by Crippen LogP contribution is 2.17. The molecule has 0 amide bonds. The summed E-state index contributed by atoms with van der Waals surface area (Å²) in [5, 5.41) is 11.0. The Morgan fingerprint density at radius 1 is 1.18 bits per heavy atom. The van der Waals surface area contributed by atoms with Crippen LogP contribution >= 0.6 is 22.6 Å². The summed E-state index contributed by atoms with van der Waals surface area (Å²) < 4.78 is 1.26. The normalized spacial score (nSPS) is 12.4. The Morgan fingerprint density at radius 3 is 2.53 bits per heavy atom. The van der Waals surface area contributed by atoms with E-state index in [1.54, 1.807) is 6.20 Å². The molecule has 0 bridgehead atoms. The topological polar surface area (TPSA) is 37.8 Å². The summed E-state index contributed by atoms with van der Waals surface area (Å²) in [7, 11) is 1.97. The molecule has 0 aliphatic rings. The van der Waals surface area contributed by atoms with Crippen molar-refractivity contribution in [1.82, 2.24) is 15.5 Å². The molecule has 1 N–H and O–H groups in total. The number of rotatable bonds is 4. The van der Waals surface area contributed by atoms with Gasteiger partial charge in [0, 0.05) is 15.8 Å². The summed E-state index contributed by atoms with van der Waals surface area (Å²) in [5.41, 5.74) is 2.49. The lowest BCUT2D eigenvalue weighted by atomic mass is 10.0. The van der Waals surface area contributed by atoms with Crippen LogP contribution in [0.2, 0.25) is 0 Å². The maximum atomic E-state index is 3.92. The molecule has 1 aromatic heterocycles. The Morgan fingerprint density at radius 2 is 1.94 bits per heavy atom. The molecule has 0 aliphatic heterocycles. The van der Waals surface area contributed by atoms with Crippen molar-refractivity contribution < 1.29 is 0 Å². The molecule has 1 aromatic carbocycles. The van der Waals surface area contributed by atoms with Gasteiger partial charge in [-0.05, 0) is 65.4 Å². The average molecular weight is 339 g/mol. The van der Waals surface area contributed by atoms with Gasteiger partial charge in [0.15, 0.2) is 0 Å². The van der Waals surface area contributed by atoms with Gasteiger partial charge < -0.3 is 5.32 Å². The van der Waals surface area contributed by atoms with Gasteiger partial charge in [0.05, 0.1) is 6.20 Å². The molecule has 1 unspecified atom stereocenters. The zero-order valence-corrected chi connectivity index (χ0v) is 11.8. The standard InChI is InChI=1S/C13H14IN3/c1-15-13(11-6-7-16-17-9-11)8-10-2-4-12(14)5-3-10/h2-7,9,13,15H,8H2,1H3. The fourth-order valence-corrected chi connectivity index (χ4v) is 2.11. The first-order valence-electron chi connectivity index (χ1n) is 5.48. The smallest absolute Gasteiger partial charge is 0.0544 e. The predicted molar refractivity (Wildman–Crippen MR) is 76.7 cm³/mol. The van der Waals surface area contributed by atoms with Crippen LogP contribution in [0.4, 0.5) is 0 Å². The van der Waals surface area contributed by atoms with Crippen LogP contribution in [0.25, 0.3) is 0 Å². The number of nitrogens with zero attached hydrogens (tertiary/aromatic N) is 2. The Labute approximate surface area is 115 Å². The van der Waals surface area contributed by atoms with Crippen LogP contribution < -0.4 is 5.32 Å². The minimum absolute atomic E-state index is 0.283. The SMILES string of the molecule is CNC(Cc1ccc(I)cc1)c1ccnnc1. The molecule has 3 nitrogen and oxygen atoms in total. The van der Waals surface area contributed by atoms with Crippen molar-refractivity contribution in [3.8, 4) is 0 Å². The largest absolute Gasteiger partial charge is 0.313 e. The number of hydrogen-bond acceptors (Lipinski definition) is 3. The first-order chi connectivity index (χ1) is 8.29.